The molecule has 4 bridgehead atoms. The van der Waals surface area contributed by atoms with Crippen LogP contribution in [-0.4, -0.2) is 29.4 Å². The second kappa shape index (κ2) is 2.96. The summed E-state index contributed by atoms with van der Waals surface area (Å²) < 4.78 is 0. The van der Waals surface area contributed by atoms with Gasteiger partial charge in [-0.05, 0) is 43.9 Å². The molecule has 4 aliphatic rings. The van der Waals surface area contributed by atoms with E-state index in [0.717, 1.165) is 11.8 Å². The fourth-order valence-electron chi connectivity index (χ4n) is 4.05. The highest BCUT2D eigenvalue weighted by Crippen LogP contribution is 2.48. The summed E-state index contributed by atoms with van der Waals surface area (Å²) in [7, 11) is 0. The van der Waals surface area contributed by atoms with Gasteiger partial charge in [-0.1, -0.05) is 0 Å². The van der Waals surface area contributed by atoms with Crippen molar-refractivity contribution in [3.05, 3.63) is 0 Å². The van der Waals surface area contributed by atoms with Gasteiger partial charge in [-0.15, -0.1) is 0 Å². The number of hydrogen-bond acceptors (Lipinski definition) is 2. The molecule has 2 N–H and O–H groups in total. The van der Waals surface area contributed by atoms with Crippen molar-refractivity contribution in [2.45, 2.75) is 44.2 Å². The Labute approximate surface area is 84.6 Å². The minimum absolute atomic E-state index is 0.179. The first-order valence-electron chi connectivity index (χ1n) is 5.79. The smallest absolute Gasteiger partial charge is 0.236 e. The zero-order chi connectivity index (χ0) is 9.71. The molecule has 2 saturated carbocycles. The Kier molecular flexibility index (Phi) is 1.84. The molecular formula is C11H18N2O. The average molecular weight is 194 g/mol. The molecule has 0 aromatic carbocycles. The van der Waals surface area contributed by atoms with Crippen molar-refractivity contribution >= 4 is 5.91 Å². The van der Waals surface area contributed by atoms with Crippen molar-refractivity contribution in [2.24, 2.45) is 17.6 Å². The van der Waals surface area contributed by atoms with E-state index in [1.54, 1.807) is 0 Å². The molecule has 0 aromatic heterocycles. The predicted molar refractivity (Wildman–Crippen MR) is 53.5 cm³/mol. The highest BCUT2D eigenvalue weighted by atomic mass is 16.2. The molecule has 2 aliphatic heterocycles. The van der Waals surface area contributed by atoms with Crippen LogP contribution in [0.25, 0.3) is 0 Å². The molecule has 0 unspecified atom stereocenters. The summed E-state index contributed by atoms with van der Waals surface area (Å²) >= 11 is 0. The topological polar surface area (TPSA) is 46.3 Å². The molecule has 0 spiro atoms. The Morgan fingerprint density at radius 2 is 1.57 bits per heavy atom. The van der Waals surface area contributed by atoms with E-state index < -0.39 is 0 Å². The predicted octanol–water partition coefficient (Wildman–Crippen LogP) is 0.735. The van der Waals surface area contributed by atoms with E-state index in [-0.39, 0.29) is 12.5 Å². The van der Waals surface area contributed by atoms with Crippen LogP contribution in [0.1, 0.15) is 32.1 Å². The first-order chi connectivity index (χ1) is 6.78. The molecule has 4 fully saturated rings. The van der Waals surface area contributed by atoms with E-state index in [1.807, 2.05) is 0 Å². The quantitative estimate of drug-likeness (QED) is 0.669. The molecule has 0 atom stereocenters. The van der Waals surface area contributed by atoms with E-state index in [2.05, 4.69) is 4.90 Å². The number of carbonyl (C=O) groups excluding carboxylic acids is 1. The number of carbonyl (C=O) groups is 1. The molecule has 2 saturated heterocycles. The molecule has 14 heavy (non-hydrogen) atoms. The first kappa shape index (κ1) is 8.72. The van der Waals surface area contributed by atoms with Gasteiger partial charge in [-0.2, -0.15) is 0 Å². The lowest BCUT2D eigenvalue weighted by Gasteiger charge is -2.56. The maximum Gasteiger partial charge on any atom is 0.236 e. The lowest BCUT2D eigenvalue weighted by atomic mass is 9.63. The van der Waals surface area contributed by atoms with Crippen molar-refractivity contribution in [3.63, 3.8) is 0 Å². The van der Waals surface area contributed by atoms with Gasteiger partial charge in [0, 0.05) is 12.1 Å². The monoisotopic (exact) mass is 194 g/mol. The van der Waals surface area contributed by atoms with Crippen molar-refractivity contribution < 1.29 is 4.79 Å². The molecule has 1 amide bonds. The molecule has 78 valence electrons. The van der Waals surface area contributed by atoms with Gasteiger partial charge in [-0.25, -0.2) is 0 Å². The minimum atomic E-state index is 0.179. The molecule has 2 heterocycles. The normalized spacial score (nSPS) is 44.5. The Morgan fingerprint density at radius 3 is 2.00 bits per heavy atom. The maximum absolute atomic E-state index is 11.7. The second-order valence-corrected chi connectivity index (χ2v) is 5.22. The third kappa shape index (κ3) is 1.11. The molecule has 2 aliphatic carbocycles. The number of hydrogen-bond donors (Lipinski definition) is 1. The number of rotatable bonds is 1. The van der Waals surface area contributed by atoms with E-state index in [0.29, 0.717) is 12.1 Å². The summed E-state index contributed by atoms with van der Waals surface area (Å²) in [4.78, 5) is 13.8. The summed E-state index contributed by atoms with van der Waals surface area (Å²) in [6.45, 7) is 0.197. The van der Waals surface area contributed by atoms with Crippen molar-refractivity contribution in [1.29, 1.82) is 0 Å². The van der Waals surface area contributed by atoms with Gasteiger partial charge in [0.15, 0.2) is 0 Å². The van der Waals surface area contributed by atoms with Crippen LogP contribution in [0, 0.1) is 11.8 Å². The Hall–Kier alpha value is -0.570. The van der Waals surface area contributed by atoms with Crippen molar-refractivity contribution in [1.82, 2.24) is 4.90 Å². The minimum Gasteiger partial charge on any atom is -0.336 e. The number of piperidine rings is 2. The maximum atomic E-state index is 11.7. The summed E-state index contributed by atoms with van der Waals surface area (Å²) in [5, 5.41) is 0. The molecule has 4 rings (SSSR count). The summed E-state index contributed by atoms with van der Waals surface area (Å²) in [5.74, 6) is 2.01. The number of nitrogens with zero attached hydrogens (tertiary/aromatic N) is 1. The van der Waals surface area contributed by atoms with Gasteiger partial charge in [0.25, 0.3) is 0 Å². The van der Waals surface area contributed by atoms with Crippen LogP contribution < -0.4 is 5.73 Å². The Balaban J connectivity index is 1.84. The van der Waals surface area contributed by atoms with Gasteiger partial charge in [0.1, 0.15) is 0 Å². The molecular weight excluding hydrogens is 176 g/mol. The van der Waals surface area contributed by atoms with E-state index in [4.69, 9.17) is 5.73 Å². The largest absolute Gasteiger partial charge is 0.336 e. The Bertz CT molecular complexity index is 236. The van der Waals surface area contributed by atoms with Gasteiger partial charge in [-0.3, -0.25) is 4.79 Å². The van der Waals surface area contributed by atoms with Crippen molar-refractivity contribution in [3.8, 4) is 0 Å². The zero-order valence-electron chi connectivity index (χ0n) is 8.48. The van der Waals surface area contributed by atoms with Crippen molar-refractivity contribution in [2.75, 3.05) is 6.54 Å². The molecule has 0 aromatic rings. The van der Waals surface area contributed by atoms with E-state index >= 15 is 0 Å². The molecule has 0 radical (unpaired) electrons. The Morgan fingerprint density at radius 1 is 1.07 bits per heavy atom. The molecule has 3 heteroatoms. The summed E-state index contributed by atoms with van der Waals surface area (Å²) in [5.41, 5.74) is 5.46. The average Bonchev–Trinajstić information content (AvgIpc) is 2.15. The van der Waals surface area contributed by atoms with Crippen LogP contribution in [0.2, 0.25) is 0 Å². The fourth-order valence-corrected chi connectivity index (χ4v) is 4.05. The standard InChI is InChI=1S/C11H18N2O/c12-6-11(14)13-9-2-7-1-8(4-9)5-10(13)3-7/h7-10H,1-6,12H2. The van der Waals surface area contributed by atoms with Crippen LogP contribution in [0.3, 0.4) is 0 Å². The number of amides is 1. The van der Waals surface area contributed by atoms with Gasteiger partial charge in [0.2, 0.25) is 5.91 Å². The summed E-state index contributed by atoms with van der Waals surface area (Å²) in [6, 6.07) is 1.09. The van der Waals surface area contributed by atoms with Crippen LogP contribution >= 0.6 is 0 Å². The fraction of sp³-hybridized carbons (Fsp3) is 0.909. The van der Waals surface area contributed by atoms with E-state index in [1.165, 1.54) is 32.1 Å². The zero-order valence-corrected chi connectivity index (χ0v) is 8.48. The van der Waals surface area contributed by atoms with Crippen LogP contribution in [-0.2, 0) is 4.79 Å². The summed E-state index contributed by atoms with van der Waals surface area (Å²) in [6.07, 6.45) is 6.42. The molecule has 3 nitrogen and oxygen atoms in total. The van der Waals surface area contributed by atoms with Crippen LogP contribution in [0.5, 0.6) is 0 Å². The SMILES string of the molecule is NCC(=O)N1C2CC3CC(C2)CC1C3. The highest BCUT2D eigenvalue weighted by molar-refractivity contribution is 5.79. The lowest BCUT2D eigenvalue weighted by Crippen LogP contribution is -2.60. The first-order valence-corrected chi connectivity index (χ1v) is 5.79. The second-order valence-electron chi connectivity index (χ2n) is 5.22. The van der Waals surface area contributed by atoms with E-state index in [9.17, 15) is 4.79 Å². The highest BCUT2D eigenvalue weighted by Gasteiger charge is 2.48. The van der Waals surface area contributed by atoms with Crippen LogP contribution in [0.4, 0.5) is 0 Å². The number of nitrogens with two attached hydrogens (primary N) is 1. The third-order valence-electron chi connectivity index (χ3n) is 4.34. The lowest BCUT2D eigenvalue weighted by molar-refractivity contribution is -0.147. The van der Waals surface area contributed by atoms with Gasteiger partial charge >= 0.3 is 0 Å². The van der Waals surface area contributed by atoms with Gasteiger partial charge in [0.05, 0.1) is 6.54 Å². The van der Waals surface area contributed by atoms with Gasteiger partial charge < -0.3 is 10.6 Å². The van der Waals surface area contributed by atoms with Crippen LogP contribution in [0.15, 0.2) is 0 Å². The third-order valence-corrected chi connectivity index (χ3v) is 4.34.